The van der Waals surface area contributed by atoms with Crippen LogP contribution in [0.4, 0.5) is 0 Å². The average molecular weight is 291 g/mol. The van der Waals surface area contributed by atoms with Crippen LogP contribution in [0.15, 0.2) is 42.5 Å². The van der Waals surface area contributed by atoms with Crippen LogP contribution in [0.1, 0.15) is 10.4 Å². The Morgan fingerprint density at radius 1 is 1.00 bits per heavy atom. The number of aromatic carboxylic acids is 1. The van der Waals surface area contributed by atoms with Crippen molar-refractivity contribution in [2.75, 3.05) is 0 Å². The van der Waals surface area contributed by atoms with Crippen molar-refractivity contribution in [2.45, 2.75) is 0 Å². The number of carboxylic acids is 1. The quantitative estimate of drug-likeness (QED) is 0.817. The van der Waals surface area contributed by atoms with E-state index in [1.165, 1.54) is 0 Å². The molecule has 0 aliphatic heterocycles. The summed E-state index contributed by atoms with van der Waals surface area (Å²) >= 11 is 0. The number of benzene rings is 2. The molecule has 0 amide bonds. The summed E-state index contributed by atoms with van der Waals surface area (Å²) in [6.45, 7) is 0. The third-order valence-corrected chi connectivity index (χ3v) is 2.00. The van der Waals surface area contributed by atoms with Crippen LogP contribution in [0, 0.1) is 0 Å². The Balaban J connectivity index is 0.000000980. The summed E-state index contributed by atoms with van der Waals surface area (Å²) in [6.07, 6.45) is 0. The van der Waals surface area contributed by atoms with Crippen LogP contribution in [0.3, 0.4) is 0 Å². The third-order valence-electron chi connectivity index (χ3n) is 2.00. The minimum absolute atomic E-state index is 0. The Labute approximate surface area is 98.5 Å². The van der Waals surface area contributed by atoms with E-state index in [1.807, 2.05) is 30.3 Å². The van der Waals surface area contributed by atoms with Crippen molar-refractivity contribution in [3.8, 4) is 0 Å². The van der Waals surface area contributed by atoms with Gasteiger partial charge in [-0.15, -0.1) is 0 Å². The molecule has 1 N–H and O–H groups in total. The molecule has 0 aliphatic rings. The molecule has 0 saturated carbocycles. The van der Waals surface area contributed by atoms with Crippen molar-refractivity contribution in [1.82, 2.24) is 0 Å². The molecule has 2 rings (SSSR count). The number of hydrogen-bond donors (Lipinski definition) is 1. The van der Waals surface area contributed by atoms with Crippen molar-refractivity contribution in [3.05, 3.63) is 48.0 Å². The second-order valence-corrected chi connectivity index (χ2v) is 2.87. The van der Waals surface area contributed by atoms with E-state index in [9.17, 15) is 4.79 Å². The molecule has 14 heavy (non-hydrogen) atoms. The Kier molecular flexibility index (Phi) is 3.52. The van der Waals surface area contributed by atoms with Crippen LogP contribution < -0.4 is 0 Å². The summed E-state index contributed by atoms with van der Waals surface area (Å²) in [5.41, 5.74) is 0.332. The van der Waals surface area contributed by atoms with E-state index < -0.39 is 5.97 Å². The van der Waals surface area contributed by atoms with Crippen molar-refractivity contribution in [1.29, 1.82) is 0 Å². The van der Waals surface area contributed by atoms with Gasteiger partial charge in [-0.2, -0.15) is 0 Å². The third kappa shape index (κ3) is 2.07. The van der Waals surface area contributed by atoms with Gasteiger partial charge in [-0.1, -0.05) is 30.3 Å². The van der Waals surface area contributed by atoms with Crippen LogP contribution in [0.5, 0.6) is 0 Å². The van der Waals surface area contributed by atoms with E-state index in [1.54, 1.807) is 12.1 Å². The van der Waals surface area contributed by atoms with Gasteiger partial charge in [0.05, 0.1) is 5.56 Å². The van der Waals surface area contributed by atoms with Gasteiger partial charge in [0.1, 0.15) is 0 Å². The van der Waals surface area contributed by atoms with E-state index in [0.717, 1.165) is 10.8 Å². The zero-order valence-corrected chi connectivity index (χ0v) is 10.3. The van der Waals surface area contributed by atoms with E-state index in [0.29, 0.717) is 5.56 Å². The summed E-state index contributed by atoms with van der Waals surface area (Å²) in [5, 5.41) is 10.8. The van der Waals surface area contributed by atoms with Crippen LogP contribution in [-0.2, 0) is 0 Å². The molecule has 0 saturated heterocycles. The number of fused-ring (bicyclic) bond motifs is 1. The maximum absolute atomic E-state index is 10.6. The first-order valence-electron chi connectivity index (χ1n) is 3.99. The maximum atomic E-state index is 10.6. The topological polar surface area (TPSA) is 37.3 Å². The molecule has 0 heterocycles. The summed E-state index contributed by atoms with van der Waals surface area (Å²) < 4.78 is 0. The van der Waals surface area contributed by atoms with Gasteiger partial charge in [0.2, 0.25) is 0 Å². The first-order chi connectivity index (χ1) is 6.27. The molecule has 68 valence electrons. The monoisotopic (exact) mass is 292 g/mol. The molecule has 0 aliphatic carbocycles. The fraction of sp³-hybridized carbons (Fsp3) is 0. The van der Waals surface area contributed by atoms with Gasteiger partial charge in [-0.05, 0) is 22.9 Å². The van der Waals surface area contributed by atoms with Gasteiger partial charge in [0.15, 0.2) is 0 Å². The minimum atomic E-state index is -0.884. The van der Waals surface area contributed by atoms with Crippen LogP contribution in [0.25, 0.3) is 10.8 Å². The second kappa shape index (κ2) is 4.46. The van der Waals surface area contributed by atoms with E-state index in [2.05, 4.69) is 0 Å². The fourth-order valence-corrected chi connectivity index (χ4v) is 1.32. The molecule has 0 aromatic heterocycles. The van der Waals surface area contributed by atoms with Gasteiger partial charge in [-0.3, -0.25) is 0 Å². The van der Waals surface area contributed by atoms with Crippen molar-refractivity contribution >= 4 is 40.6 Å². The van der Waals surface area contributed by atoms with Gasteiger partial charge in [0, 0.05) is 23.9 Å². The number of hydrogen-bond acceptors (Lipinski definition) is 1. The zero-order valence-electron chi connectivity index (χ0n) is 7.40. The summed E-state index contributed by atoms with van der Waals surface area (Å²) in [4.78, 5) is 10.6. The van der Waals surface area contributed by atoms with Gasteiger partial charge < -0.3 is 5.11 Å². The molecule has 0 atom stereocenters. The molecular formula is C11H8O2Sn. The Morgan fingerprint density at radius 2 is 1.64 bits per heavy atom. The van der Waals surface area contributed by atoms with Crippen LogP contribution in [0.2, 0.25) is 0 Å². The predicted octanol–water partition coefficient (Wildman–Crippen LogP) is 2.16. The molecule has 3 heteroatoms. The Morgan fingerprint density at radius 3 is 2.29 bits per heavy atom. The first kappa shape index (κ1) is 11.0. The summed E-state index contributed by atoms with van der Waals surface area (Å²) in [6, 6.07) is 12.8. The molecule has 0 fully saturated rings. The van der Waals surface area contributed by atoms with Crippen LogP contribution >= 0.6 is 0 Å². The smallest absolute Gasteiger partial charge is 0.335 e. The number of rotatable bonds is 1. The van der Waals surface area contributed by atoms with E-state index in [-0.39, 0.29) is 23.9 Å². The molecule has 4 radical (unpaired) electrons. The SMILES string of the molecule is O=C(O)c1ccc2ccccc2c1.[Sn]. The van der Waals surface area contributed by atoms with Gasteiger partial charge in [0.25, 0.3) is 0 Å². The van der Waals surface area contributed by atoms with E-state index in [4.69, 9.17) is 5.11 Å². The zero-order chi connectivity index (χ0) is 9.26. The van der Waals surface area contributed by atoms with Gasteiger partial charge in [-0.25, -0.2) is 4.79 Å². The molecule has 0 spiro atoms. The number of carbonyl (C=O) groups is 1. The van der Waals surface area contributed by atoms with Crippen molar-refractivity contribution in [2.24, 2.45) is 0 Å². The largest absolute Gasteiger partial charge is 0.478 e. The van der Waals surface area contributed by atoms with E-state index >= 15 is 0 Å². The van der Waals surface area contributed by atoms with Crippen molar-refractivity contribution < 1.29 is 9.90 Å². The Hall–Kier alpha value is -1.03. The maximum Gasteiger partial charge on any atom is 0.335 e. The molecule has 0 unspecified atom stereocenters. The van der Waals surface area contributed by atoms with Gasteiger partial charge >= 0.3 is 5.97 Å². The molecule has 2 nitrogen and oxygen atoms in total. The average Bonchev–Trinajstić information content (AvgIpc) is 2.17. The van der Waals surface area contributed by atoms with Crippen molar-refractivity contribution in [3.63, 3.8) is 0 Å². The molecule has 2 aromatic carbocycles. The predicted molar refractivity (Wildman–Crippen MR) is 56.7 cm³/mol. The molecular weight excluding hydrogens is 283 g/mol. The minimum Gasteiger partial charge on any atom is -0.478 e. The number of carboxylic acid groups (broad SMARTS) is 1. The molecule has 2 aromatic rings. The fourth-order valence-electron chi connectivity index (χ4n) is 1.32. The Bertz CT molecular complexity index is 466. The standard InChI is InChI=1S/C11H8O2.Sn/c12-11(13)10-6-5-8-3-1-2-4-9(8)7-10;/h1-7H,(H,12,13);. The first-order valence-corrected chi connectivity index (χ1v) is 3.99. The normalized spacial score (nSPS) is 9.43. The molecule has 0 bridgehead atoms. The second-order valence-electron chi connectivity index (χ2n) is 2.87. The summed E-state index contributed by atoms with van der Waals surface area (Å²) in [7, 11) is 0. The van der Waals surface area contributed by atoms with Crippen LogP contribution in [-0.4, -0.2) is 35.0 Å². The summed E-state index contributed by atoms with van der Waals surface area (Å²) in [5.74, 6) is -0.884.